The van der Waals surface area contributed by atoms with Gasteiger partial charge in [0.15, 0.2) is 23.0 Å². The fraction of sp³-hybridized carbons (Fsp3) is 0.364. The first-order valence-corrected chi connectivity index (χ1v) is 22.5. The summed E-state index contributed by atoms with van der Waals surface area (Å²) in [6.07, 6.45) is -3.74. The van der Waals surface area contributed by atoms with Gasteiger partial charge in [0.2, 0.25) is 16.9 Å². The Bertz CT molecular complexity index is 2490. The van der Waals surface area contributed by atoms with Crippen LogP contribution in [-0.2, 0) is 37.4 Å². The first-order chi connectivity index (χ1) is 29.7. The third kappa shape index (κ3) is 10.4. The number of nitrogens with zero attached hydrogens (tertiary/aromatic N) is 6. The van der Waals surface area contributed by atoms with Gasteiger partial charge in [-0.05, 0) is 84.0 Å². The van der Waals surface area contributed by atoms with Crippen LogP contribution < -0.4 is 18.5 Å². The molecular formula is C44H48F3N7O6S2. The summed E-state index contributed by atoms with van der Waals surface area (Å²) in [5, 5.41) is 8.85. The van der Waals surface area contributed by atoms with Crippen LogP contribution >= 0.6 is 0 Å². The molecule has 3 unspecified atom stereocenters. The topological polar surface area (TPSA) is 142 Å². The van der Waals surface area contributed by atoms with Gasteiger partial charge in [-0.25, -0.2) is 14.2 Å². The lowest BCUT2D eigenvalue weighted by Crippen LogP contribution is -2.37. The summed E-state index contributed by atoms with van der Waals surface area (Å²) in [6, 6.07) is 22.9. The van der Waals surface area contributed by atoms with Gasteiger partial charge in [-0.2, -0.15) is 17.4 Å². The molecule has 0 radical (unpaired) electrons. The SMILES string of the molecule is CCC(C)COc1cc(C(C)C)cc(C(C)C)c1OS(=O)Nc1ccc(-c2nc3n(n2)N=C(OS(=O)c2ccccc2)C3=Nc2ccc(N3CCOCC3)c(C(F)(F)F)c2)cc1. The Morgan fingerprint density at radius 1 is 0.903 bits per heavy atom. The molecule has 0 saturated carbocycles. The lowest BCUT2D eigenvalue weighted by atomic mass is 9.94. The molecule has 1 N–H and O–H groups in total. The Labute approximate surface area is 363 Å². The zero-order valence-corrected chi connectivity index (χ0v) is 36.8. The van der Waals surface area contributed by atoms with E-state index in [2.05, 4.69) is 58.7 Å². The highest BCUT2D eigenvalue weighted by Gasteiger charge is 2.37. The van der Waals surface area contributed by atoms with Gasteiger partial charge >= 0.3 is 17.4 Å². The number of benzene rings is 4. The first-order valence-electron chi connectivity index (χ1n) is 20.3. The molecule has 0 spiro atoms. The molecule has 2 aliphatic heterocycles. The Morgan fingerprint density at radius 2 is 1.63 bits per heavy atom. The highest BCUT2D eigenvalue weighted by atomic mass is 32.2. The van der Waals surface area contributed by atoms with Gasteiger partial charge in [0.05, 0.1) is 36.0 Å². The minimum atomic E-state index is -4.69. The van der Waals surface area contributed by atoms with Crippen LogP contribution in [0, 0.1) is 5.92 Å². The second-order valence-electron chi connectivity index (χ2n) is 15.5. The molecule has 1 saturated heterocycles. The number of halogens is 3. The maximum Gasteiger partial charge on any atom is 0.418 e. The van der Waals surface area contributed by atoms with Crippen molar-refractivity contribution in [2.24, 2.45) is 16.0 Å². The smallest absolute Gasteiger partial charge is 0.418 e. The standard InChI is InChI=1S/C44H48F3N7O6S2/c1-7-29(6)26-58-38-24-31(27(2)3)23-35(28(4)5)40(38)59-62(56)52-32-15-13-30(14-16-32)41-49-42-39(43(51-54(42)50-41)60-61(55)34-11-9-8-10-12-34)48-33-17-18-37(36(25-33)44(45,46)47)53-19-21-57-22-20-53/h8-18,23-25,27-29,52H,7,19-22,26H2,1-6H3. The van der Waals surface area contributed by atoms with Gasteiger partial charge in [-0.1, -0.05) is 72.2 Å². The zero-order chi connectivity index (χ0) is 44.1. The zero-order valence-electron chi connectivity index (χ0n) is 35.1. The van der Waals surface area contributed by atoms with Gasteiger partial charge in [-0.15, -0.1) is 15.0 Å². The molecule has 62 heavy (non-hydrogen) atoms. The molecule has 13 nitrogen and oxygen atoms in total. The summed E-state index contributed by atoms with van der Waals surface area (Å²) in [6.45, 7) is 14.2. The second kappa shape index (κ2) is 19.2. The van der Waals surface area contributed by atoms with E-state index in [-0.39, 0.29) is 46.5 Å². The Balaban J connectivity index is 1.15. The van der Waals surface area contributed by atoms with E-state index in [4.69, 9.17) is 17.8 Å². The lowest BCUT2D eigenvalue weighted by Gasteiger charge is -2.31. The van der Waals surface area contributed by atoms with Crippen LogP contribution in [-0.4, -0.2) is 67.8 Å². The molecule has 0 amide bonds. The molecule has 0 bridgehead atoms. The molecule has 7 rings (SSSR count). The Hall–Kier alpha value is -5.59. The van der Waals surface area contributed by atoms with E-state index < -0.39 is 34.1 Å². The number of aromatic nitrogens is 3. The summed E-state index contributed by atoms with van der Waals surface area (Å²) < 4.78 is 96.4. The van der Waals surface area contributed by atoms with Gasteiger partial charge in [0.25, 0.3) is 5.90 Å². The van der Waals surface area contributed by atoms with Crippen molar-refractivity contribution in [3.8, 4) is 22.9 Å². The minimum absolute atomic E-state index is 0.0155. The van der Waals surface area contributed by atoms with Crippen LogP contribution in [0.3, 0.4) is 0 Å². The predicted octanol–water partition coefficient (Wildman–Crippen LogP) is 9.58. The maximum absolute atomic E-state index is 14.5. The number of hydrogen-bond donors (Lipinski definition) is 1. The highest BCUT2D eigenvalue weighted by molar-refractivity contribution is 7.82. The predicted molar refractivity (Wildman–Crippen MR) is 235 cm³/mol. The number of fused-ring (bicyclic) bond motifs is 1. The number of anilines is 2. The fourth-order valence-corrected chi connectivity index (χ4v) is 7.97. The van der Waals surface area contributed by atoms with Crippen LogP contribution in [0.1, 0.15) is 82.3 Å². The molecule has 3 heterocycles. The number of aliphatic imine (C=N–C) groups is 1. The van der Waals surface area contributed by atoms with E-state index >= 15 is 0 Å². The maximum atomic E-state index is 14.5. The Morgan fingerprint density at radius 3 is 2.29 bits per heavy atom. The number of rotatable bonds is 15. The second-order valence-corrected chi connectivity index (χ2v) is 17.5. The van der Waals surface area contributed by atoms with Crippen molar-refractivity contribution in [3.63, 3.8) is 0 Å². The third-order valence-electron chi connectivity index (χ3n) is 10.3. The number of nitrogens with one attached hydrogen (secondary N) is 1. The van der Waals surface area contributed by atoms with Gasteiger partial charge in [0, 0.05) is 35.6 Å². The van der Waals surface area contributed by atoms with Crippen LogP contribution in [0.5, 0.6) is 11.5 Å². The molecule has 3 atom stereocenters. The van der Waals surface area contributed by atoms with Gasteiger partial charge in [0.1, 0.15) is 0 Å². The van der Waals surface area contributed by atoms with Gasteiger partial charge < -0.3 is 22.7 Å². The molecule has 1 aromatic heterocycles. The Kier molecular flexibility index (Phi) is 13.8. The first kappa shape index (κ1) is 44.5. The molecule has 328 valence electrons. The highest BCUT2D eigenvalue weighted by Crippen LogP contribution is 2.41. The van der Waals surface area contributed by atoms with E-state index in [0.717, 1.165) is 28.4 Å². The van der Waals surface area contributed by atoms with Crippen molar-refractivity contribution in [1.82, 2.24) is 14.9 Å². The van der Waals surface area contributed by atoms with E-state index in [9.17, 15) is 21.6 Å². The van der Waals surface area contributed by atoms with E-state index in [1.165, 1.54) is 12.1 Å². The fourth-order valence-electron chi connectivity index (χ4n) is 6.54. The van der Waals surface area contributed by atoms with Crippen molar-refractivity contribution in [2.75, 3.05) is 42.5 Å². The number of morpholine rings is 1. The van der Waals surface area contributed by atoms with Crippen molar-refractivity contribution in [2.45, 2.75) is 70.9 Å². The van der Waals surface area contributed by atoms with E-state index in [1.807, 2.05) is 19.9 Å². The quantitative estimate of drug-likeness (QED) is 0.109. The molecule has 1 fully saturated rings. The number of hydrogen-bond acceptors (Lipinski definition) is 11. The normalized spacial score (nSPS) is 16.3. The average molecular weight is 892 g/mol. The number of alkyl halides is 3. The van der Waals surface area contributed by atoms with Crippen molar-refractivity contribution >= 4 is 51.0 Å². The molecule has 5 aromatic rings. The van der Waals surface area contributed by atoms with Crippen molar-refractivity contribution in [3.05, 3.63) is 107 Å². The largest absolute Gasteiger partial charge is 0.489 e. The van der Waals surface area contributed by atoms with Crippen LogP contribution in [0.4, 0.5) is 30.2 Å². The molecule has 2 aliphatic rings. The van der Waals surface area contributed by atoms with Crippen molar-refractivity contribution < 1.29 is 39.4 Å². The monoisotopic (exact) mass is 891 g/mol. The number of ether oxygens (including phenoxy) is 2. The summed E-state index contributed by atoms with van der Waals surface area (Å²) >= 11 is -4.06. The average Bonchev–Trinajstić information content (AvgIpc) is 3.81. The summed E-state index contributed by atoms with van der Waals surface area (Å²) in [5.74, 6) is 1.61. The van der Waals surface area contributed by atoms with E-state index in [0.29, 0.717) is 66.5 Å². The minimum Gasteiger partial charge on any atom is -0.489 e. The van der Waals surface area contributed by atoms with Crippen LogP contribution in [0.25, 0.3) is 11.4 Å². The lowest BCUT2D eigenvalue weighted by molar-refractivity contribution is -0.137. The molecule has 18 heteroatoms. The van der Waals surface area contributed by atoms with Crippen LogP contribution in [0.15, 0.2) is 99.9 Å². The summed E-state index contributed by atoms with van der Waals surface area (Å²) in [4.78, 5) is 12.3. The summed E-state index contributed by atoms with van der Waals surface area (Å²) in [5.41, 5.74) is 2.02. The van der Waals surface area contributed by atoms with Crippen LogP contribution in [0.2, 0.25) is 0 Å². The third-order valence-corrected chi connectivity index (χ3v) is 12.0. The molecule has 4 aromatic carbocycles. The molecular weight excluding hydrogens is 844 g/mol. The molecule has 0 aliphatic carbocycles. The van der Waals surface area contributed by atoms with Crippen molar-refractivity contribution in [1.29, 1.82) is 0 Å². The van der Waals surface area contributed by atoms with Gasteiger partial charge in [-0.3, -0.25) is 4.72 Å². The van der Waals surface area contributed by atoms with E-state index in [1.54, 1.807) is 59.5 Å². The summed E-state index contributed by atoms with van der Waals surface area (Å²) in [7, 11) is 0.